The van der Waals surface area contributed by atoms with Gasteiger partial charge in [0.1, 0.15) is 13.2 Å². The molecule has 1 aromatic carbocycles. The van der Waals surface area contributed by atoms with Gasteiger partial charge in [0.15, 0.2) is 11.5 Å². The number of aryl methyl sites for hydroxylation is 1. The van der Waals surface area contributed by atoms with E-state index < -0.39 is 0 Å². The SMILES string of the molecule is O=C(CCc1ccc2c(c1)OCCO2)N1CCC(N2CCNCC2)C1. The summed E-state index contributed by atoms with van der Waals surface area (Å²) >= 11 is 0. The number of amides is 1. The van der Waals surface area contributed by atoms with Crippen LogP contribution in [0.4, 0.5) is 0 Å². The van der Waals surface area contributed by atoms with Crippen LogP contribution in [0.1, 0.15) is 18.4 Å². The third kappa shape index (κ3) is 3.90. The van der Waals surface area contributed by atoms with Crippen LogP contribution >= 0.6 is 0 Å². The van der Waals surface area contributed by atoms with E-state index in [-0.39, 0.29) is 5.91 Å². The van der Waals surface area contributed by atoms with E-state index in [1.165, 1.54) is 0 Å². The molecule has 2 saturated heterocycles. The van der Waals surface area contributed by atoms with Gasteiger partial charge in [-0.25, -0.2) is 0 Å². The highest BCUT2D eigenvalue weighted by atomic mass is 16.6. The molecule has 2 fully saturated rings. The molecule has 1 N–H and O–H groups in total. The Bertz CT molecular complexity index is 616. The van der Waals surface area contributed by atoms with Gasteiger partial charge in [-0.05, 0) is 30.5 Å². The number of rotatable bonds is 4. The molecule has 3 aliphatic heterocycles. The highest BCUT2D eigenvalue weighted by molar-refractivity contribution is 5.76. The van der Waals surface area contributed by atoms with Gasteiger partial charge in [-0.2, -0.15) is 0 Å². The van der Waals surface area contributed by atoms with Gasteiger partial charge in [0.2, 0.25) is 5.91 Å². The van der Waals surface area contributed by atoms with Gasteiger partial charge < -0.3 is 19.7 Å². The van der Waals surface area contributed by atoms with Gasteiger partial charge in [0.05, 0.1) is 0 Å². The molecule has 0 bridgehead atoms. The molecule has 0 saturated carbocycles. The fourth-order valence-corrected chi connectivity index (χ4v) is 3.97. The summed E-state index contributed by atoms with van der Waals surface area (Å²) in [5.41, 5.74) is 1.13. The Kier molecular flexibility index (Phi) is 5.08. The summed E-state index contributed by atoms with van der Waals surface area (Å²) < 4.78 is 11.2. The van der Waals surface area contributed by atoms with E-state index >= 15 is 0 Å². The van der Waals surface area contributed by atoms with Gasteiger partial charge in [0.25, 0.3) is 0 Å². The maximum atomic E-state index is 12.6. The van der Waals surface area contributed by atoms with Crippen LogP contribution in [0.5, 0.6) is 11.5 Å². The number of ether oxygens (including phenoxy) is 2. The predicted molar refractivity (Wildman–Crippen MR) is 95.2 cm³/mol. The second kappa shape index (κ2) is 7.62. The normalized spacial score (nSPS) is 23.7. The summed E-state index contributed by atoms with van der Waals surface area (Å²) in [6.45, 7) is 7.32. The number of fused-ring (bicyclic) bond motifs is 1. The number of hydrogen-bond donors (Lipinski definition) is 1. The number of nitrogens with zero attached hydrogens (tertiary/aromatic N) is 2. The van der Waals surface area contributed by atoms with Gasteiger partial charge >= 0.3 is 0 Å². The van der Waals surface area contributed by atoms with E-state index in [4.69, 9.17) is 9.47 Å². The molecule has 0 aromatic heterocycles. The minimum atomic E-state index is 0.271. The van der Waals surface area contributed by atoms with Gasteiger partial charge in [0, 0.05) is 51.7 Å². The maximum Gasteiger partial charge on any atom is 0.222 e. The quantitative estimate of drug-likeness (QED) is 0.879. The molecule has 0 spiro atoms. The maximum absolute atomic E-state index is 12.6. The number of nitrogens with one attached hydrogen (secondary N) is 1. The average Bonchev–Trinajstić information content (AvgIpc) is 3.17. The van der Waals surface area contributed by atoms with Crippen LogP contribution < -0.4 is 14.8 Å². The molecule has 136 valence electrons. The lowest BCUT2D eigenvalue weighted by atomic mass is 10.1. The van der Waals surface area contributed by atoms with Crippen LogP contribution in [0.15, 0.2) is 18.2 Å². The first-order valence-electron chi connectivity index (χ1n) is 9.41. The molecule has 4 rings (SSSR count). The van der Waals surface area contributed by atoms with Crippen molar-refractivity contribution in [1.82, 2.24) is 15.1 Å². The second-order valence-electron chi connectivity index (χ2n) is 7.05. The summed E-state index contributed by atoms with van der Waals surface area (Å²) in [6.07, 6.45) is 2.42. The van der Waals surface area contributed by atoms with Crippen molar-refractivity contribution < 1.29 is 14.3 Å². The van der Waals surface area contributed by atoms with Crippen LogP contribution in [-0.2, 0) is 11.2 Å². The number of piperazine rings is 1. The first kappa shape index (κ1) is 16.7. The van der Waals surface area contributed by atoms with Gasteiger partial charge in [-0.3, -0.25) is 9.69 Å². The molecule has 1 unspecified atom stereocenters. The van der Waals surface area contributed by atoms with Crippen molar-refractivity contribution in [2.45, 2.75) is 25.3 Å². The fraction of sp³-hybridized carbons (Fsp3) is 0.632. The molecule has 6 nitrogen and oxygen atoms in total. The molecular weight excluding hydrogens is 318 g/mol. The Morgan fingerprint density at radius 2 is 1.92 bits per heavy atom. The van der Waals surface area contributed by atoms with Crippen LogP contribution in [0, 0.1) is 0 Å². The summed E-state index contributed by atoms with van der Waals surface area (Å²) in [5.74, 6) is 1.88. The lowest BCUT2D eigenvalue weighted by Crippen LogP contribution is -2.49. The third-order valence-corrected chi connectivity index (χ3v) is 5.42. The van der Waals surface area contributed by atoms with E-state index in [9.17, 15) is 4.79 Å². The minimum Gasteiger partial charge on any atom is -0.486 e. The lowest BCUT2D eigenvalue weighted by molar-refractivity contribution is -0.130. The standard InChI is InChI=1S/C19H27N3O3/c23-19(22-8-5-16(14-22)21-9-6-20-7-10-21)4-2-15-1-3-17-18(13-15)25-12-11-24-17/h1,3,13,16,20H,2,4-12,14H2. The molecule has 1 aromatic rings. The third-order valence-electron chi connectivity index (χ3n) is 5.42. The van der Waals surface area contributed by atoms with Crippen LogP contribution in [-0.4, -0.2) is 74.2 Å². The Balaban J connectivity index is 1.28. The van der Waals surface area contributed by atoms with E-state index in [2.05, 4.69) is 10.2 Å². The number of carbonyl (C=O) groups is 1. The lowest BCUT2D eigenvalue weighted by Gasteiger charge is -2.32. The summed E-state index contributed by atoms with van der Waals surface area (Å²) in [4.78, 5) is 17.2. The van der Waals surface area contributed by atoms with Crippen molar-refractivity contribution in [3.63, 3.8) is 0 Å². The molecule has 3 heterocycles. The second-order valence-corrected chi connectivity index (χ2v) is 7.05. The topological polar surface area (TPSA) is 54.0 Å². The Labute approximate surface area is 149 Å². The molecule has 0 aliphatic carbocycles. The smallest absolute Gasteiger partial charge is 0.222 e. The minimum absolute atomic E-state index is 0.271. The Morgan fingerprint density at radius 3 is 2.76 bits per heavy atom. The number of benzene rings is 1. The summed E-state index contributed by atoms with van der Waals surface area (Å²) in [5, 5.41) is 3.39. The zero-order valence-corrected chi connectivity index (χ0v) is 14.7. The summed E-state index contributed by atoms with van der Waals surface area (Å²) in [6, 6.07) is 6.54. The zero-order chi connectivity index (χ0) is 17.1. The van der Waals surface area contributed by atoms with Crippen molar-refractivity contribution in [2.24, 2.45) is 0 Å². The largest absolute Gasteiger partial charge is 0.486 e. The molecule has 1 amide bonds. The van der Waals surface area contributed by atoms with Crippen LogP contribution in [0.3, 0.4) is 0 Å². The highest BCUT2D eigenvalue weighted by Crippen LogP contribution is 2.31. The fourth-order valence-electron chi connectivity index (χ4n) is 3.97. The van der Waals surface area contributed by atoms with E-state index in [0.717, 1.165) is 69.2 Å². The van der Waals surface area contributed by atoms with Crippen molar-refractivity contribution in [2.75, 3.05) is 52.5 Å². The molecule has 0 radical (unpaired) electrons. The molecular formula is C19H27N3O3. The van der Waals surface area contributed by atoms with E-state index in [1.807, 2.05) is 23.1 Å². The van der Waals surface area contributed by atoms with Crippen molar-refractivity contribution in [3.05, 3.63) is 23.8 Å². The highest BCUT2D eigenvalue weighted by Gasteiger charge is 2.30. The van der Waals surface area contributed by atoms with Crippen LogP contribution in [0.25, 0.3) is 0 Å². The molecule has 3 aliphatic rings. The molecule has 1 atom stereocenters. The number of likely N-dealkylation sites (tertiary alicyclic amines) is 1. The van der Waals surface area contributed by atoms with Crippen molar-refractivity contribution in [1.29, 1.82) is 0 Å². The molecule has 25 heavy (non-hydrogen) atoms. The predicted octanol–water partition coefficient (Wildman–Crippen LogP) is 0.897. The van der Waals surface area contributed by atoms with Crippen LogP contribution in [0.2, 0.25) is 0 Å². The zero-order valence-electron chi connectivity index (χ0n) is 14.7. The number of hydrogen-bond acceptors (Lipinski definition) is 5. The van der Waals surface area contributed by atoms with E-state index in [1.54, 1.807) is 0 Å². The monoisotopic (exact) mass is 345 g/mol. The first-order valence-corrected chi connectivity index (χ1v) is 9.41. The van der Waals surface area contributed by atoms with E-state index in [0.29, 0.717) is 25.7 Å². The van der Waals surface area contributed by atoms with Crippen molar-refractivity contribution in [3.8, 4) is 11.5 Å². The van der Waals surface area contributed by atoms with Gasteiger partial charge in [-0.1, -0.05) is 6.07 Å². The first-order chi connectivity index (χ1) is 12.3. The Hall–Kier alpha value is -1.79. The van der Waals surface area contributed by atoms with Crippen molar-refractivity contribution >= 4 is 5.91 Å². The number of carbonyl (C=O) groups excluding carboxylic acids is 1. The van der Waals surface area contributed by atoms with Gasteiger partial charge in [-0.15, -0.1) is 0 Å². The summed E-state index contributed by atoms with van der Waals surface area (Å²) in [7, 11) is 0. The average molecular weight is 345 g/mol. The Morgan fingerprint density at radius 1 is 1.12 bits per heavy atom. The molecule has 6 heteroatoms.